The molecule has 2 N–H and O–H groups in total. The average molecular weight is 421 g/mol. The van der Waals surface area contributed by atoms with Crippen LogP contribution < -0.4 is 10.6 Å². The summed E-state index contributed by atoms with van der Waals surface area (Å²) < 4.78 is 5.68. The SMILES string of the molecule is CC(=O)NCc1ccc(-c2csc(NC(=O)C3CSC4(C)CCC(=O)N34)n2)o1. The van der Waals surface area contributed by atoms with Crippen LogP contribution in [0.4, 0.5) is 5.13 Å². The zero-order valence-corrected chi connectivity index (χ0v) is 17.1. The van der Waals surface area contributed by atoms with E-state index >= 15 is 0 Å². The van der Waals surface area contributed by atoms with Crippen molar-refractivity contribution in [1.29, 1.82) is 0 Å². The number of thiazole rings is 1. The number of carbonyl (C=O) groups excluding carboxylic acids is 3. The van der Waals surface area contributed by atoms with Crippen LogP contribution in [0.25, 0.3) is 11.5 Å². The Morgan fingerprint density at radius 1 is 1.43 bits per heavy atom. The number of hydrogen-bond donors (Lipinski definition) is 2. The molecule has 3 amide bonds. The molecule has 10 heteroatoms. The first-order valence-corrected chi connectivity index (χ1v) is 10.8. The molecule has 0 aromatic carbocycles. The third-order valence-electron chi connectivity index (χ3n) is 4.91. The lowest BCUT2D eigenvalue weighted by Crippen LogP contribution is -2.48. The van der Waals surface area contributed by atoms with Crippen LogP contribution in [-0.2, 0) is 20.9 Å². The van der Waals surface area contributed by atoms with Crippen LogP contribution in [0.15, 0.2) is 21.9 Å². The van der Waals surface area contributed by atoms with Crippen LogP contribution in [0.2, 0.25) is 0 Å². The first-order valence-electron chi connectivity index (χ1n) is 8.92. The number of aromatic nitrogens is 1. The van der Waals surface area contributed by atoms with Crippen molar-refractivity contribution in [2.75, 3.05) is 11.1 Å². The number of nitrogens with zero attached hydrogens (tertiary/aromatic N) is 2. The highest BCUT2D eigenvalue weighted by Crippen LogP contribution is 2.47. The molecule has 2 unspecified atom stereocenters. The molecule has 8 nitrogen and oxygen atoms in total. The molecule has 2 fully saturated rings. The summed E-state index contributed by atoms with van der Waals surface area (Å²) in [5.41, 5.74) is 0.609. The zero-order chi connectivity index (χ0) is 19.9. The van der Waals surface area contributed by atoms with E-state index in [-0.39, 0.29) is 22.6 Å². The number of thioether (sulfide) groups is 1. The van der Waals surface area contributed by atoms with Crippen LogP contribution in [0.3, 0.4) is 0 Å². The second-order valence-electron chi connectivity index (χ2n) is 6.97. The molecule has 2 aliphatic rings. The summed E-state index contributed by atoms with van der Waals surface area (Å²) in [7, 11) is 0. The smallest absolute Gasteiger partial charge is 0.249 e. The molecule has 2 aromatic heterocycles. The fourth-order valence-electron chi connectivity index (χ4n) is 3.47. The van der Waals surface area contributed by atoms with E-state index in [0.29, 0.717) is 41.1 Å². The maximum atomic E-state index is 12.7. The number of carbonyl (C=O) groups is 3. The van der Waals surface area contributed by atoms with Crippen LogP contribution in [0.1, 0.15) is 32.4 Å². The lowest BCUT2D eigenvalue weighted by molar-refractivity contribution is -0.135. The van der Waals surface area contributed by atoms with Gasteiger partial charge in [0.25, 0.3) is 0 Å². The number of rotatable bonds is 5. The van der Waals surface area contributed by atoms with Gasteiger partial charge in [-0.15, -0.1) is 23.1 Å². The van der Waals surface area contributed by atoms with E-state index in [1.54, 1.807) is 34.2 Å². The molecule has 2 aliphatic heterocycles. The summed E-state index contributed by atoms with van der Waals surface area (Å²) in [5.74, 6) is 1.48. The quantitative estimate of drug-likeness (QED) is 0.770. The molecule has 2 atom stereocenters. The van der Waals surface area contributed by atoms with Gasteiger partial charge in [0, 0.05) is 24.5 Å². The molecule has 0 spiro atoms. The van der Waals surface area contributed by atoms with Crippen molar-refractivity contribution in [2.45, 2.75) is 44.1 Å². The molecule has 0 aliphatic carbocycles. The normalized spacial score (nSPS) is 23.7. The first-order chi connectivity index (χ1) is 13.4. The van der Waals surface area contributed by atoms with E-state index in [1.807, 2.05) is 6.92 Å². The molecule has 0 bridgehead atoms. The Bertz CT molecular complexity index is 940. The van der Waals surface area contributed by atoms with E-state index < -0.39 is 6.04 Å². The molecule has 28 heavy (non-hydrogen) atoms. The molecule has 2 saturated heterocycles. The minimum atomic E-state index is -0.467. The predicted molar refractivity (Wildman–Crippen MR) is 107 cm³/mol. The maximum absolute atomic E-state index is 12.7. The van der Waals surface area contributed by atoms with Gasteiger partial charge in [-0.05, 0) is 25.5 Å². The van der Waals surface area contributed by atoms with E-state index in [9.17, 15) is 14.4 Å². The Kier molecular flexibility index (Phi) is 4.92. The van der Waals surface area contributed by atoms with Gasteiger partial charge in [-0.25, -0.2) is 4.98 Å². The monoisotopic (exact) mass is 420 g/mol. The second-order valence-corrected chi connectivity index (χ2v) is 9.33. The van der Waals surface area contributed by atoms with Crippen molar-refractivity contribution in [1.82, 2.24) is 15.2 Å². The summed E-state index contributed by atoms with van der Waals surface area (Å²) in [6.07, 6.45) is 1.27. The number of nitrogens with one attached hydrogen (secondary N) is 2. The lowest BCUT2D eigenvalue weighted by atomic mass is 10.2. The standard InChI is InChI=1S/C18H20N4O4S2/c1-10(23)19-7-11-3-4-14(26-11)12-8-27-17(20-12)21-16(25)13-9-28-18(2)6-5-15(24)22(13)18/h3-4,8,13H,5-7,9H2,1-2H3,(H,19,23)(H,20,21,25). The largest absolute Gasteiger partial charge is 0.458 e. The van der Waals surface area contributed by atoms with Crippen molar-refractivity contribution in [2.24, 2.45) is 0 Å². The molecule has 0 radical (unpaired) electrons. The number of amides is 3. The number of hydrogen-bond acceptors (Lipinski definition) is 7. The van der Waals surface area contributed by atoms with Crippen LogP contribution in [0, 0.1) is 0 Å². The van der Waals surface area contributed by atoms with Crippen LogP contribution >= 0.6 is 23.1 Å². The van der Waals surface area contributed by atoms with Crippen molar-refractivity contribution < 1.29 is 18.8 Å². The van der Waals surface area contributed by atoms with E-state index in [1.165, 1.54) is 18.3 Å². The van der Waals surface area contributed by atoms with Crippen molar-refractivity contribution in [3.05, 3.63) is 23.3 Å². The topological polar surface area (TPSA) is 105 Å². The van der Waals surface area contributed by atoms with E-state index in [2.05, 4.69) is 15.6 Å². The lowest BCUT2D eigenvalue weighted by Gasteiger charge is -2.29. The highest BCUT2D eigenvalue weighted by Gasteiger charge is 2.52. The fraction of sp³-hybridized carbons (Fsp3) is 0.444. The van der Waals surface area contributed by atoms with Gasteiger partial charge in [0.15, 0.2) is 10.9 Å². The van der Waals surface area contributed by atoms with Gasteiger partial charge in [-0.1, -0.05) is 0 Å². The summed E-state index contributed by atoms with van der Waals surface area (Å²) in [6.45, 7) is 3.78. The van der Waals surface area contributed by atoms with Gasteiger partial charge >= 0.3 is 0 Å². The Morgan fingerprint density at radius 2 is 2.25 bits per heavy atom. The summed E-state index contributed by atoms with van der Waals surface area (Å²) in [4.78, 5) is 41.8. The highest BCUT2D eigenvalue weighted by atomic mass is 32.2. The van der Waals surface area contributed by atoms with Gasteiger partial charge in [0.1, 0.15) is 17.5 Å². The molecule has 148 valence electrons. The van der Waals surface area contributed by atoms with E-state index in [4.69, 9.17) is 4.42 Å². The molecule has 2 aromatic rings. The van der Waals surface area contributed by atoms with Gasteiger partial charge in [-0.3, -0.25) is 14.4 Å². The van der Waals surface area contributed by atoms with Gasteiger partial charge in [0.2, 0.25) is 17.7 Å². The van der Waals surface area contributed by atoms with E-state index in [0.717, 1.165) is 6.42 Å². The van der Waals surface area contributed by atoms with Gasteiger partial charge in [0.05, 0.1) is 11.4 Å². The van der Waals surface area contributed by atoms with Gasteiger partial charge < -0.3 is 20.0 Å². The summed E-state index contributed by atoms with van der Waals surface area (Å²) >= 11 is 2.96. The molecule has 4 heterocycles. The summed E-state index contributed by atoms with van der Waals surface area (Å²) in [6, 6.07) is 3.09. The number of fused-ring (bicyclic) bond motifs is 1. The van der Waals surface area contributed by atoms with Crippen molar-refractivity contribution in [3.8, 4) is 11.5 Å². The maximum Gasteiger partial charge on any atom is 0.249 e. The Labute approximate surface area is 170 Å². The Morgan fingerprint density at radius 3 is 3.04 bits per heavy atom. The third-order valence-corrected chi connectivity index (χ3v) is 7.17. The minimum absolute atomic E-state index is 0.0368. The zero-order valence-electron chi connectivity index (χ0n) is 15.5. The Hall–Kier alpha value is -2.33. The third kappa shape index (κ3) is 3.53. The number of anilines is 1. The van der Waals surface area contributed by atoms with Gasteiger partial charge in [-0.2, -0.15) is 0 Å². The minimum Gasteiger partial charge on any atom is -0.458 e. The van der Waals surface area contributed by atoms with Crippen LogP contribution in [0.5, 0.6) is 0 Å². The average Bonchev–Trinajstić information content (AvgIpc) is 3.39. The molecular weight excluding hydrogens is 400 g/mol. The highest BCUT2D eigenvalue weighted by molar-refractivity contribution is 8.01. The summed E-state index contributed by atoms with van der Waals surface area (Å²) in [5, 5.41) is 7.77. The van der Waals surface area contributed by atoms with Crippen LogP contribution in [-0.4, -0.2) is 44.3 Å². The Balaban J connectivity index is 1.42. The fourth-order valence-corrected chi connectivity index (χ4v) is 5.60. The predicted octanol–water partition coefficient (Wildman–Crippen LogP) is 2.43. The second kappa shape index (κ2) is 7.25. The van der Waals surface area contributed by atoms with Crippen molar-refractivity contribution in [3.63, 3.8) is 0 Å². The molecule has 4 rings (SSSR count). The first kappa shape index (κ1) is 19.0. The molecule has 0 saturated carbocycles. The number of furan rings is 1. The van der Waals surface area contributed by atoms with Crippen molar-refractivity contribution >= 4 is 46.0 Å². The molecular formula is C18H20N4O4S2.